The van der Waals surface area contributed by atoms with Crippen LogP contribution in [0.5, 0.6) is 0 Å². The molecule has 0 saturated carbocycles. The Hall–Kier alpha value is -0.640. The summed E-state index contributed by atoms with van der Waals surface area (Å²) in [6.07, 6.45) is 0.659. The lowest BCUT2D eigenvalue weighted by Crippen LogP contribution is -2.21. The third-order valence-corrected chi connectivity index (χ3v) is 2.30. The van der Waals surface area contributed by atoms with Gasteiger partial charge in [0.15, 0.2) is 0 Å². The van der Waals surface area contributed by atoms with E-state index in [1.165, 1.54) is 6.07 Å². The van der Waals surface area contributed by atoms with Crippen molar-refractivity contribution in [3.63, 3.8) is 0 Å². The molecule has 1 aromatic carbocycles. The quantitative estimate of drug-likeness (QED) is 0.759. The number of ether oxygens (including phenoxy) is 1. The van der Waals surface area contributed by atoms with Crippen molar-refractivity contribution in [1.29, 1.82) is 0 Å². The number of nitrogens with one attached hydrogen (secondary N) is 1. The molecule has 0 aliphatic rings. The highest BCUT2D eigenvalue weighted by atomic mass is 35.5. The van der Waals surface area contributed by atoms with Crippen LogP contribution in [0.25, 0.3) is 0 Å². The maximum atomic E-state index is 13.3. The minimum absolute atomic E-state index is 0.240. The fourth-order valence-electron chi connectivity index (χ4n) is 1.25. The van der Waals surface area contributed by atoms with E-state index in [4.69, 9.17) is 16.3 Å². The molecule has 1 N–H and O–H groups in total. The minimum Gasteiger partial charge on any atom is -0.383 e. The third kappa shape index (κ3) is 4.60. The van der Waals surface area contributed by atoms with Gasteiger partial charge in [-0.3, -0.25) is 0 Å². The number of hydrogen-bond acceptors (Lipinski definition) is 2. The number of halogens is 2. The lowest BCUT2D eigenvalue weighted by molar-refractivity contribution is 0.199. The van der Waals surface area contributed by atoms with Gasteiger partial charge < -0.3 is 10.1 Å². The van der Waals surface area contributed by atoms with Gasteiger partial charge in [0, 0.05) is 18.7 Å². The normalized spacial score (nSPS) is 10.6. The zero-order chi connectivity index (χ0) is 11.1. The fraction of sp³-hybridized carbons (Fsp3) is 0.455. The molecule has 0 radical (unpaired) electrons. The van der Waals surface area contributed by atoms with Gasteiger partial charge in [0.2, 0.25) is 0 Å². The zero-order valence-electron chi connectivity index (χ0n) is 8.72. The molecule has 0 heterocycles. The maximum Gasteiger partial charge on any atom is 0.127 e. The summed E-state index contributed by atoms with van der Waals surface area (Å²) in [5, 5.41) is 3.59. The first-order valence-corrected chi connectivity index (χ1v) is 5.25. The summed E-state index contributed by atoms with van der Waals surface area (Å²) >= 11 is 5.65. The third-order valence-electron chi connectivity index (χ3n) is 2.07. The minimum atomic E-state index is -0.240. The number of methoxy groups -OCH3 is 1. The molecule has 84 valence electrons. The topological polar surface area (TPSA) is 21.3 Å². The molecule has 0 atom stereocenters. The van der Waals surface area contributed by atoms with Gasteiger partial charge in [-0.15, -0.1) is 0 Å². The molecule has 2 nitrogen and oxygen atoms in total. The van der Waals surface area contributed by atoms with E-state index in [-0.39, 0.29) is 5.82 Å². The highest BCUT2D eigenvalue weighted by Crippen LogP contribution is 2.14. The Morgan fingerprint density at radius 1 is 1.40 bits per heavy atom. The molecule has 1 rings (SSSR count). The van der Waals surface area contributed by atoms with Gasteiger partial charge in [0.1, 0.15) is 5.82 Å². The van der Waals surface area contributed by atoms with Gasteiger partial charge in [-0.25, -0.2) is 4.39 Å². The first kappa shape index (κ1) is 12.4. The van der Waals surface area contributed by atoms with Crippen molar-refractivity contribution in [2.24, 2.45) is 0 Å². The van der Waals surface area contributed by atoms with E-state index >= 15 is 0 Å². The summed E-state index contributed by atoms with van der Waals surface area (Å²) in [5.41, 5.74) is 0.685. The van der Waals surface area contributed by atoms with Crippen LogP contribution in [0.15, 0.2) is 18.2 Å². The monoisotopic (exact) mass is 231 g/mol. The summed E-state index contributed by atoms with van der Waals surface area (Å²) in [6.45, 7) is 2.19. The summed E-state index contributed by atoms with van der Waals surface area (Å²) < 4.78 is 18.2. The Bertz CT molecular complexity index is 307. The van der Waals surface area contributed by atoms with Crippen molar-refractivity contribution in [2.45, 2.75) is 6.42 Å². The second-order valence-corrected chi connectivity index (χ2v) is 3.66. The Balaban J connectivity index is 2.31. The molecule has 4 heteroatoms. The molecule has 0 amide bonds. The van der Waals surface area contributed by atoms with Crippen molar-refractivity contribution >= 4 is 11.6 Å². The molecule has 0 aliphatic heterocycles. The number of benzene rings is 1. The van der Waals surface area contributed by atoms with E-state index in [1.807, 2.05) is 0 Å². The SMILES string of the molecule is COCCNCCc1ccc(Cl)cc1F. The molecule has 0 aliphatic carbocycles. The molecule has 0 spiro atoms. The predicted molar refractivity (Wildman–Crippen MR) is 59.9 cm³/mol. The van der Waals surface area contributed by atoms with Gasteiger partial charge in [0.25, 0.3) is 0 Å². The second-order valence-electron chi connectivity index (χ2n) is 3.23. The number of hydrogen-bond donors (Lipinski definition) is 1. The summed E-state index contributed by atoms with van der Waals surface area (Å²) in [5.74, 6) is -0.240. The first-order valence-electron chi connectivity index (χ1n) is 4.87. The highest BCUT2D eigenvalue weighted by molar-refractivity contribution is 6.30. The molecule has 0 bridgehead atoms. The molecular formula is C11H15ClFNO. The van der Waals surface area contributed by atoms with Crippen LogP contribution >= 0.6 is 11.6 Å². The van der Waals surface area contributed by atoms with Crippen molar-refractivity contribution in [3.8, 4) is 0 Å². The van der Waals surface area contributed by atoms with E-state index in [0.717, 1.165) is 13.1 Å². The van der Waals surface area contributed by atoms with Crippen molar-refractivity contribution < 1.29 is 9.13 Å². The summed E-state index contributed by atoms with van der Waals surface area (Å²) in [7, 11) is 1.65. The van der Waals surface area contributed by atoms with E-state index in [1.54, 1.807) is 19.2 Å². The van der Waals surface area contributed by atoms with E-state index in [9.17, 15) is 4.39 Å². The maximum absolute atomic E-state index is 13.3. The van der Waals surface area contributed by atoms with E-state index in [0.29, 0.717) is 23.6 Å². The molecule has 0 fully saturated rings. The zero-order valence-corrected chi connectivity index (χ0v) is 9.48. The summed E-state index contributed by atoms with van der Waals surface area (Å²) in [6, 6.07) is 4.76. The van der Waals surface area contributed by atoms with Gasteiger partial charge in [-0.2, -0.15) is 0 Å². The Morgan fingerprint density at radius 3 is 2.87 bits per heavy atom. The molecule has 1 aromatic rings. The second kappa shape index (κ2) is 6.77. The van der Waals surface area contributed by atoms with Gasteiger partial charge in [-0.05, 0) is 30.7 Å². The lowest BCUT2D eigenvalue weighted by Gasteiger charge is -2.05. The first-order chi connectivity index (χ1) is 7.24. The van der Waals surface area contributed by atoms with Crippen molar-refractivity contribution in [2.75, 3.05) is 26.8 Å². The van der Waals surface area contributed by atoms with Gasteiger partial charge in [0.05, 0.1) is 6.61 Å². The molecule has 0 saturated heterocycles. The van der Waals surface area contributed by atoms with Crippen LogP contribution in [0, 0.1) is 5.82 Å². The summed E-state index contributed by atoms with van der Waals surface area (Å²) in [4.78, 5) is 0. The highest BCUT2D eigenvalue weighted by Gasteiger charge is 2.01. The predicted octanol–water partition coefficient (Wildman–Crippen LogP) is 2.26. The smallest absolute Gasteiger partial charge is 0.127 e. The molecule has 0 aromatic heterocycles. The largest absolute Gasteiger partial charge is 0.383 e. The fourth-order valence-corrected chi connectivity index (χ4v) is 1.41. The van der Waals surface area contributed by atoms with Crippen LogP contribution < -0.4 is 5.32 Å². The van der Waals surface area contributed by atoms with Crippen LogP contribution in [-0.2, 0) is 11.2 Å². The van der Waals surface area contributed by atoms with E-state index < -0.39 is 0 Å². The van der Waals surface area contributed by atoms with Crippen molar-refractivity contribution in [1.82, 2.24) is 5.32 Å². The van der Waals surface area contributed by atoms with Gasteiger partial charge in [-0.1, -0.05) is 17.7 Å². The molecular weight excluding hydrogens is 217 g/mol. The molecule has 0 unspecified atom stereocenters. The lowest BCUT2D eigenvalue weighted by atomic mass is 10.1. The Labute approximate surface area is 94.4 Å². The van der Waals surface area contributed by atoms with Crippen LogP contribution in [0.3, 0.4) is 0 Å². The van der Waals surface area contributed by atoms with Crippen LogP contribution in [0.4, 0.5) is 4.39 Å². The van der Waals surface area contributed by atoms with E-state index in [2.05, 4.69) is 5.32 Å². The van der Waals surface area contributed by atoms with Crippen LogP contribution in [0.1, 0.15) is 5.56 Å². The Kier molecular flexibility index (Phi) is 5.61. The number of rotatable bonds is 6. The average Bonchev–Trinajstić information content (AvgIpc) is 2.20. The van der Waals surface area contributed by atoms with Crippen LogP contribution in [-0.4, -0.2) is 26.8 Å². The average molecular weight is 232 g/mol. The van der Waals surface area contributed by atoms with Gasteiger partial charge >= 0.3 is 0 Å². The van der Waals surface area contributed by atoms with Crippen LogP contribution in [0.2, 0.25) is 5.02 Å². The van der Waals surface area contributed by atoms with Crippen molar-refractivity contribution in [3.05, 3.63) is 34.6 Å². The standard InChI is InChI=1S/C11H15ClFNO/c1-15-7-6-14-5-4-9-2-3-10(12)8-11(9)13/h2-3,8,14H,4-7H2,1H3. The Morgan fingerprint density at radius 2 is 2.20 bits per heavy atom. The molecule has 15 heavy (non-hydrogen) atoms.